The van der Waals surface area contributed by atoms with Crippen molar-refractivity contribution in [1.82, 2.24) is 0 Å². The first kappa shape index (κ1) is 13.2. The van der Waals surface area contributed by atoms with Crippen LogP contribution in [0.25, 0.3) is 0 Å². The Bertz CT molecular complexity index is 611. The Hall–Kier alpha value is -2.23. The predicted octanol–water partition coefficient (Wildman–Crippen LogP) is 3.78. The van der Waals surface area contributed by atoms with Gasteiger partial charge in [-0.05, 0) is 37.1 Å². The summed E-state index contributed by atoms with van der Waals surface area (Å²) in [5, 5.41) is 3.03. The number of hydrogen-bond donors (Lipinski definition) is 2. The number of anilines is 3. The molecule has 0 atom stereocenters. The first-order valence-corrected chi connectivity index (χ1v) is 5.98. The van der Waals surface area contributed by atoms with Gasteiger partial charge in [-0.1, -0.05) is 6.07 Å². The van der Waals surface area contributed by atoms with E-state index in [0.29, 0.717) is 11.4 Å². The lowest BCUT2D eigenvalue weighted by molar-refractivity contribution is 0.416. The smallest absolute Gasteiger partial charge is 0.148 e. The Morgan fingerprint density at radius 3 is 2.47 bits per heavy atom. The van der Waals surface area contributed by atoms with E-state index in [1.165, 1.54) is 18.7 Å². The molecular formula is C15H17FN2O. The van der Waals surface area contributed by atoms with Crippen LogP contribution in [0.5, 0.6) is 5.75 Å². The number of ether oxygens (including phenoxy) is 1. The summed E-state index contributed by atoms with van der Waals surface area (Å²) < 4.78 is 18.9. The van der Waals surface area contributed by atoms with E-state index in [0.717, 1.165) is 11.3 Å². The van der Waals surface area contributed by atoms with Gasteiger partial charge in [0.1, 0.15) is 11.6 Å². The number of nitrogens with one attached hydrogen (secondary N) is 1. The van der Waals surface area contributed by atoms with Crippen molar-refractivity contribution in [1.29, 1.82) is 0 Å². The second-order valence-corrected chi connectivity index (χ2v) is 4.50. The van der Waals surface area contributed by atoms with Gasteiger partial charge in [0.2, 0.25) is 0 Å². The number of aryl methyl sites for hydroxylation is 2. The van der Waals surface area contributed by atoms with Crippen LogP contribution in [-0.2, 0) is 0 Å². The quantitative estimate of drug-likeness (QED) is 0.826. The number of hydrogen-bond acceptors (Lipinski definition) is 3. The molecule has 0 aliphatic rings. The predicted molar refractivity (Wildman–Crippen MR) is 76.6 cm³/mol. The van der Waals surface area contributed by atoms with Gasteiger partial charge in [-0.25, -0.2) is 4.39 Å². The lowest BCUT2D eigenvalue weighted by Gasteiger charge is -2.12. The molecular weight excluding hydrogens is 243 g/mol. The molecule has 2 rings (SSSR count). The van der Waals surface area contributed by atoms with E-state index in [1.54, 1.807) is 6.07 Å². The van der Waals surface area contributed by atoms with E-state index in [2.05, 4.69) is 5.32 Å². The topological polar surface area (TPSA) is 47.3 Å². The minimum absolute atomic E-state index is 0.283. The maximum absolute atomic E-state index is 13.8. The van der Waals surface area contributed by atoms with Crippen LogP contribution in [0.4, 0.5) is 21.5 Å². The van der Waals surface area contributed by atoms with Gasteiger partial charge in [0, 0.05) is 17.8 Å². The molecule has 3 nitrogen and oxygen atoms in total. The van der Waals surface area contributed by atoms with Crippen LogP contribution in [-0.4, -0.2) is 7.11 Å². The van der Waals surface area contributed by atoms with Crippen LogP contribution in [0.3, 0.4) is 0 Å². The number of rotatable bonds is 3. The zero-order valence-corrected chi connectivity index (χ0v) is 11.3. The van der Waals surface area contributed by atoms with Crippen molar-refractivity contribution in [3.05, 3.63) is 47.3 Å². The first-order chi connectivity index (χ1) is 9.01. The highest BCUT2D eigenvalue weighted by molar-refractivity contribution is 5.68. The van der Waals surface area contributed by atoms with Crippen molar-refractivity contribution in [3.8, 4) is 5.75 Å². The summed E-state index contributed by atoms with van der Waals surface area (Å²) in [5.41, 5.74) is 9.44. The minimum Gasteiger partial charge on any atom is -0.495 e. The van der Waals surface area contributed by atoms with E-state index in [-0.39, 0.29) is 5.69 Å². The van der Waals surface area contributed by atoms with Gasteiger partial charge in [0.05, 0.1) is 18.5 Å². The summed E-state index contributed by atoms with van der Waals surface area (Å²) in [4.78, 5) is 0. The lowest BCUT2D eigenvalue weighted by Crippen LogP contribution is -1.99. The third kappa shape index (κ3) is 2.78. The van der Waals surface area contributed by atoms with Crippen molar-refractivity contribution in [2.24, 2.45) is 0 Å². The number of nitrogens with two attached hydrogens (primary N) is 1. The van der Waals surface area contributed by atoms with E-state index >= 15 is 0 Å². The molecule has 0 heterocycles. The fraction of sp³-hybridized carbons (Fsp3) is 0.200. The van der Waals surface area contributed by atoms with Gasteiger partial charge in [-0.2, -0.15) is 0 Å². The second-order valence-electron chi connectivity index (χ2n) is 4.50. The van der Waals surface area contributed by atoms with Crippen LogP contribution < -0.4 is 15.8 Å². The van der Waals surface area contributed by atoms with Crippen LogP contribution in [0.1, 0.15) is 11.1 Å². The summed E-state index contributed by atoms with van der Waals surface area (Å²) in [6.45, 7) is 4.05. The summed E-state index contributed by atoms with van der Waals surface area (Å²) in [5.74, 6) is 0.0456. The van der Waals surface area contributed by atoms with Crippen LogP contribution in [0.15, 0.2) is 30.3 Å². The Morgan fingerprint density at radius 1 is 1.11 bits per heavy atom. The molecule has 0 aliphatic carbocycles. The van der Waals surface area contributed by atoms with Crippen molar-refractivity contribution in [3.63, 3.8) is 0 Å². The molecule has 0 aliphatic heterocycles. The highest BCUT2D eigenvalue weighted by atomic mass is 19.1. The fourth-order valence-corrected chi connectivity index (χ4v) is 1.82. The highest BCUT2D eigenvalue weighted by Crippen LogP contribution is 2.30. The van der Waals surface area contributed by atoms with Crippen LogP contribution in [0, 0.1) is 19.7 Å². The Kier molecular flexibility index (Phi) is 3.60. The molecule has 0 unspecified atom stereocenters. The van der Waals surface area contributed by atoms with Gasteiger partial charge < -0.3 is 15.8 Å². The third-order valence-electron chi connectivity index (χ3n) is 3.11. The molecule has 0 spiro atoms. The SMILES string of the molecule is COc1cc(Nc2ccc(C)c(C)c2)c(F)cc1N. The molecule has 3 N–H and O–H groups in total. The van der Waals surface area contributed by atoms with Gasteiger partial charge in [0.25, 0.3) is 0 Å². The number of nitrogen functional groups attached to an aromatic ring is 1. The summed E-state index contributed by atoms with van der Waals surface area (Å²) in [6, 6.07) is 8.67. The van der Waals surface area contributed by atoms with Gasteiger partial charge in [-0.15, -0.1) is 0 Å². The molecule has 0 bridgehead atoms. The monoisotopic (exact) mass is 260 g/mol. The summed E-state index contributed by atoms with van der Waals surface area (Å²) in [7, 11) is 1.50. The van der Waals surface area contributed by atoms with Crippen molar-refractivity contribution in [2.75, 3.05) is 18.2 Å². The molecule has 4 heteroatoms. The normalized spacial score (nSPS) is 10.3. The fourth-order valence-electron chi connectivity index (χ4n) is 1.82. The highest BCUT2D eigenvalue weighted by Gasteiger charge is 2.09. The third-order valence-corrected chi connectivity index (χ3v) is 3.11. The molecule has 0 amide bonds. The molecule has 0 fully saturated rings. The zero-order valence-electron chi connectivity index (χ0n) is 11.3. The number of methoxy groups -OCH3 is 1. The van der Waals surface area contributed by atoms with Crippen molar-refractivity contribution >= 4 is 17.1 Å². The Labute approximate surface area is 112 Å². The van der Waals surface area contributed by atoms with Gasteiger partial charge in [-0.3, -0.25) is 0 Å². The van der Waals surface area contributed by atoms with Gasteiger partial charge in [0.15, 0.2) is 0 Å². The molecule has 0 saturated heterocycles. The second kappa shape index (κ2) is 5.18. The Balaban J connectivity index is 2.34. The molecule has 2 aromatic carbocycles. The number of benzene rings is 2. The van der Waals surface area contributed by atoms with E-state index in [9.17, 15) is 4.39 Å². The van der Waals surface area contributed by atoms with E-state index in [1.807, 2.05) is 32.0 Å². The standard InChI is InChI=1S/C15H17FN2O/c1-9-4-5-11(6-10(9)2)18-14-8-15(19-3)13(17)7-12(14)16/h4-8,18H,17H2,1-3H3. The maximum atomic E-state index is 13.8. The van der Waals surface area contributed by atoms with Crippen molar-refractivity contribution < 1.29 is 9.13 Å². The lowest BCUT2D eigenvalue weighted by atomic mass is 10.1. The Morgan fingerprint density at radius 2 is 1.84 bits per heavy atom. The maximum Gasteiger partial charge on any atom is 0.148 e. The van der Waals surface area contributed by atoms with E-state index in [4.69, 9.17) is 10.5 Å². The molecule has 0 radical (unpaired) electrons. The van der Waals surface area contributed by atoms with Gasteiger partial charge >= 0.3 is 0 Å². The van der Waals surface area contributed by atoms with Crippen LogP contribution >= 0.6 is 0 Å². The largest absolute Gasteiger partial charge is 0.495 e. The molecule has 0 aromatic heterocycles. The molecule has 100 valence electrons. The summed E-state index contributed by atoms with van der Waals surface area (Å²) >= 11 is 0. The van der Waals surface area contributed by atoms with Crippen molar-refractivity contribution in [2.45, 2.75) is 13.8 Å². The number of halogens is 1. The molecule has 19 heavy (non-hydrogen) atoms. The van der Waals surface area contributed by atoms with E-state index < -0.39 is 5.82 Å². The molecule has 2 aromatic rings. The van der Waals surface area contributed by atoms with Crippen LogP contribution in [0.2, 0.25) is 0 Å². The average Bonchev–Trinajstić information content (AvgIpc) is 2.37. The average molecular weight is 260 g/mol. The zero-order chi connectivity index (χ0) is 14.0. The molecule has 0 saturated carbocycles. The summed E-state index contributed by atoms with van der Waals surface area (Å²) in [6.07, 6.45) is 0. The first-order valence-electron chi connectivity index (χ1n) is 5.98. The minimum atomic E-state index is -0.406.